The number of nitrogens with one attached hydrogen (secondary N) is 1. The van der Waals surface area contributed by atoms with Crippen molar-refractivity contribution in [3.8, 4) is 0 Å². The zero-order valence-corrected chi connectivity index (χ0v) is 16.6. The number of hydrogen-bond acceptors (Lipinski definition) is 1. The molecule has 2 heteroatoms. The molecule has 0 bridgehead atoms. The molecule has 1 aromatic heterocycles. The lowest BCUT2D eigenvalue weighted by molar-refractivity contribution is 0.633. The Balaban J connectivity index is 1.74. The Bertz CT molecular complexity index is 1380. The molecule has 0 amide bonds. The largest absolute Gasteiger partial charge is 0.354 e. The van der Waals surface area contributed by atoms with Crippen molar-refractivity contribution >= 4 is 38.9 Å². The number of anilines is 3. The number of aromatic nitrogens is 1. The first-order valence-corrected chi connectivity index (χ1v) is 10.1. The van der Waals surface area contributed by atoms with Crippen LogP contribution >= 0.6 is 0 Å². The number of rotatable bonds is 1. The van der Waals surface area contributed by atoms with Crippen molar-refractivity contribution in [3.05, 3.63) is 102 Å². The van der Waals surface area contributed by atoms with Crippen molar-refractivity contribution < 1.29 is 0 Å². The fourth-order valence-corrected chi connectivity index (χ4v) is 4.90. The predicted octanol–water partition coefficient (Wildman–Crippen LogP) is 7.43. The van der Waals surface area contributed by atoms with Crippen LogP contribution in [0.25, 0.3) is 21.8 Å². The van der Waals surface area contributed by atoms with E-state index in [4.69, 9.17) is 0 Å². The standard InChI is InChI=1S/C27H22N2/c1-27(2)21-13-7-9-15-25(21)29(18-10-4-3-5-11-18)26-16-20-19-12-6-8-14-23(19)28-24(20)17-22(26)27/h3-17,28H,1-2H3. The Morgan fingerprint density at radius 3 is 2.21 bits per heavy atom. The molecule has 1 aliphatic rings. The minimum absolute atomic E-state index is 0.0807. The maximum Gasteiger partial charge on any atom is 0.0510 e. The van der Waals surface area contributed by atoms with Gasteiger partial charge in [0.05, 0.1) is 11.4 Å². The molecule has 0 aliphatic carbocycles. The van der Waals surface area contributed by atoms with Gasteiger partial charge in [-0.3, -0.25) is 0 Å². The number of hydrogen-bond donors (Lipinski definition) is 1. The normalized spacial score (nSPS) is 14.8. The van der Waals surface area contributed by atoms with Gasteiger partial charge in [-0.15, -0.1) is 0 Å². The van der Waals surface area contributed by atoms with E-state index in [9.17, 15) is 0 Å². The fourth-order valence-electron chi connectivity index (χ4n) is 4.90. The van der Waals surface area contributed by atoms with E-state index >= 15 is 0 Å². The van der Waals surface area contributed by atoms with Crippen molar-refractivity contribution in [1.82, 2.24) is 4.98 Å². The second-order valence-electron chi connectivity index (χ2n) is 8.40. The summed E-state index contributed by atoms with van der Waals surface area (Å²) < 4.78 is 0. The lowest BCUT2D eigenvalue weighted by Gasteiger charge is -2.42. The molecule has 1 N–H and O–H groups in total. The van der Waals surface area contributed by atoms with Gasteiger partial charge in [-0.2, -0.15) is 0 Å². The fraction of sp³-hybridized carbons (Fsp3) is 0.111. The highest BCUT2D eigenvalue weighted by molar-refractivity contribution is 6.09. The summed E-state index contributed by atoms with van der Waals surface area (Å²) >= 11 is 0. The molecule has 0 unspecified atom stereocenters. The Kier molecular flexibility index (Phi) is 3.25. The lowest BCUT2D eigenvalue weighted by atomic mass is 9.73. The van der Waals surface area contributed by atoms with E-state index in [0.29, 0.717) is 0 Å². The molecule has 0 atom stereocenters. The van der Waals surface area contributed by atoms with Crippen LogP contribution in [0.4, 0.5) is 17.1 Å². The molecule has 29 heavy (non-hydrogen) atoms. The van der Waals surface area contributed by atoms with E-state index in [0.717, 1.165) is 0 Å². The highest BCUT2D eigenvalue weighted by Crippen LogP contribution is 2.52. The Morgan fingerprint density at radius 2 is 1.34 bits per heavy atom. The van der Waals surface area contributed by atoms with E-state index in [1.807, 2.05) is 0 Å². The molecule has 5 aromatic rings. The molecular weight excluding hydrogens is 352 g/mol. The second-order valence-corrected chi connectivity index (χ2v) is 8.40. The van der Waals surface area contributed by atoms with E-state index in [1.54, 1.807) is 0 Å². The summed E-state index contributed by atoms with van der Waals surface area (Å²) in [5.74, 6) is 0. The van der Waals surface area contributed by atoms with Gasteiger partial charge in [-0.25, -0.2) is 0 Å². The first-order valence-electron chi connectivity index (χ1n) is 10.1. The number of aromatic amines is 1. The van der Waals surface area contributed by atoms with Crippen molar-refractivity contribution in [1.29, 1.82) is 0 Å². The smallest absolute Gasteiger partial charge is 0.0510 e. The summed E-state index contributed by atoms with van der Waals surface area (Å²) in [5.41, 5.74) is 8.72. The van der Waals surface area contributed by atoms with Gasteiger partial charge in [-0.05, 0) is 47.5 Å². The van der Waals surface area contributed by atoms with Crippen LogP contribution in [-0.4, -0.2) is 4.98 Å². The van der Waals surface area contributed by atoms with Crippen LogP contribution in [-0.2, 0) is 5.41 Å². The van der Waals surface area contributed by atoms with Crippen LogP contribution in [0, 0.1) is 0 Å². The third kappa shape index (κ3) is 2.23. The van der Waals surface area contributed by atoms with E-state index in [2.05, 4.69) is 115 Å². The van der Waals surface area contributed by atoms with Crippen LogP contribution in [0.3, 0.4) is 0 Å². The van der Waals surface area contributed by atoms with Crippen LogP contribution < -0.4 is 4.90 Å². The molecule has 0 spiro atoms. The Labute approximate surface area is 170 Å². The first kappa shape index (κ1) is 16.4. The molecule has 2 heterocycles. The van der Waals surface area contributed by atoms with Crippen molar-refractivity contribution in [2.45, 2.75) is 19.3 Å². The molecule has 140 valence electrons. The summed E-state index contributed by atoms with van der Waals surface area (Å²) in [6, 6.07) is 32.8. The highest BCUT2D eigenvalue weighted by atomic mass is 15.2. The van der Waals surface area contributed by atoms with Crippen molar-refractivity contribution in [2.24, 2.45) is 0 Å². The third-order valence-electron chi connectivity index (χ3n) is 6.37. The number of H-pyrrole nitrogens is 1. The number of nitrogens with zero attached hydrogens (tertiary/aromatic N) is 1. The van der Waals surface area contributed by atoms with E-state index in [-0.39, 0.29) is 5.41 Å². The Hall–Kier alpha value is -3.52. The molecule has 4 aromatic carbocycles. The number of fused-ring (bicyclic) bond motifs is 5. The summed E-state index contributed by atoms with van der Waals surface area (Å²) in [6.07, 6.45) is 0. The minimum Gasteiger partial charge on any atom is -0.354 e. The molecule has 1 aliphatic heterocycles. The molecular formula is C27H22N2. The summed E-state index contributed by atoms with van der Waals surface area (Å²) in [5, 5.41) is 2.55. The van der Waals surface area contributed by atoms with Gasteiger partial charge >= 0.3 is 0 Å². The van der Waals surface area contributed by atoms with Crippen molar-refractivity contribution in [2.75, 3.05) is 4.90 Å². The molecule has 0 saturated carbocycles. The van der Waals surface area contributed by atoms with Crippen LogP contribution in [0.2, 0.25) is 0 Å². The summed E-state index contributed by atoms with van der Waals surface area (Å²) in [6.45, 7) is 4.67. The zero-order valence-electron chi connectivity index (χ0n) is 16.6. The number of benzene rings is 4. The monoisotopic (exact) mass is 374 g/mol. The van der Waals surface area contributed by atoms with Crippen molar-refractivity contribution in [3.63, 3.8) is 0 Å². The predicted molar refractivity (Wildman–Crippen MR) is 123 cm³/mol. The molecule has 0 saturated heterocycles. The molecule has 0 radical (unpaired) electrons. The van der Waals surface area contributed by atoms with Crippen LogP contribution in [0.15, 0.2) is 91.0 Å². The van der Waals surface area contributed by atoms with Gasteiger partial charge in [0.25, 0.3) is 0 Å². The lowest BCUT2D eigenvalue weighted by Crippen LogP contribution is -2.30. The topological polar surface area (TPSA) is 19.0 Å². The van der Waals surface area contributed by atoms with Gasteiger partial charge in [0.2, 0.25) is 0 Å². The van der Waals surface area contributed by atoms with E-state index in [1.165, 1.54) is 50.0 Å². The SMILES string of the molecule is CC1(C)c2ccccc2N(c2ccccc2)c2cc3c(cc21)[nH]c1ccccc13. The average Bonchev–Trinajstić information content (AvgIpc) is 3.12. The summed E-state index contributed by atoms with van der Waals surface area (Å²) in [4.78, 5) is 6.04. The first-order chi connectivity index (χ1) is 14.1. The summed E-state index contributed by atoms with van der Waals surface area (Å²) in [7, 11) is 0. The second kappa shape index (κ2) is 5.74. The van der Waals surface area contributed by atoms with Gasteiger partial charge in [-0.1, -0.05) is 68.4 Å². The van der Waals surface area contributed by atoms with Crippen LogP contribution in [0.5, 0.6) is 0 Å². The minimum atomic E-state index is -0.0807. The highest BCUT2D eigenvalue weighted by Gasteiger charge is 2.37. The third-order valence-corrected chi connectivity index (χ3v) is 6.37. The van der Waals surface area contributed by atoms with Crippen LogP contribution in [0.1, 0.15) is 25.0 Å². The van der Waals surface area contributed by atoms with E-state index < -0.39 is 0 Å². The molecule has 2 nitrogen and oxygen atoms in total. The molecule has 0 fully saturated rings. The van der Waals surface area contributed by atoms with Gasteiger partial charge in [0.1, 0.15) is 0 Å². The zero-order chi connectivity index (χ0) is 19.6. The van der Waals surface area contributed by atoms with Gasteiger partial charge in [0, 0.05) is 32.9 Å². The van der Waals surface area contributed by atoms with Gasteiger partial charge in [0.15, 0.2) is 0 Å². The molecule has 6 rings (SSSR count). The Morgan fingerprint density at radius 1 is 0.621 bits per heavy atom. The maximum atomic E-state index is 3.63. The quantitative estimate of drug-likeness (QED) is 0.323. The maximum absolute atomic E-state index is 3.63. The number of para-hydroxylation sites is 3. The van der Waals surface area contributed by atoms with Gasteiger partial charge < -0.3 is 9.88 Å². The average molecular weight is 374 g/mol.